The molecule has 0 bridgehead atoms. The maximum absolute atomic E-state index is 12.3. The van der Waals surface area contributed by atoms with Gasteiger partial charge < -0.3 is 5.11 Å². The molecule has 1 aliphatic rings. The van der Waals surface area contributed by atoms with Crippen LogP contribution in [0.1, 0.15) is 50.0 Å². The molecular weight excluding hydrogens is 340 g/mol. The van der Waals surface area contributed by atoms with Crippen LogP contribution in [0.3, 0.4) is 0 Å². The van der Waals surface area contributed by atoms with E-state index in [4.69, 9.17) is 0 Å². The van der Waals surface area contributed by atoms with Crippen molar-refractivity contribution in [3.8, 4) is 0 Å². The van der Waals surface area contributed by atoms with Gasteiger partial charge in [-0.3, -0.25) is 19.4 Å². The zero-order valence-electron chi connectivity index (χ0n) is 17.2. The molecule has 0 radical (unpaired) electrons. The van der Waals surface area contributed by atoms with Crippen LogP contribution in [0, 0.1) is 5.41 Å². The minimum atomic E-state index is -0.316. The van der Waals surface area contributed by atoms with Gasteiger partial charge >= 0.3 is 0 Å². The summed E-state index contributed by atoms with van der Waals surface area (Å²) in [6.07, 6.45) is 1.97. The van der Waals surface area contributed by atoms with Gasteiger partial charge in [0.05, 0.1) is 13.2 Å². The summed E-state index contributed by atoms with van der Waals surface area (Å²) in [6.45, 7) is 11.5. The molecule has 150 valence electrons. The fourth-order valence-electron chi connectivity index (χ4n) is 3.40. The van der Waals surface area contributed by atoms with E-state index in [1.54, 1.807) is 6.92 Å². The van der Waals surface area contributed by atoms with Gasteiger partial charge in [0.15, 0.2) is 11.6 Å². The predicted molar refractivity (Wildman–Crippen MR) is 108 cm³/mol. The minimum Gasteiger partial charge on any atom is -0.395 e. The topological polar surface area (TPSA) is 60.9 Å². The van der Waals surface area contributed by atoms with E-state index in [0.717, 1.165) is 44.6 Å². The summed E-state index contributed by atoms with van der Waals surface area (Å²) in [6, 6.07) is 7.91. The molecule has 0 saturated carbocycles. The Labute approximate surface area is 163 Å². The maximum atomic E-state index is 12.3. The van der Waals surface area contributed by atoms with Crippen molar-refractivity contribution in [2.24, 2.45) is 5.41 Å². The Morgan fingerprint density at radius 1 is 1.15 bits per heavy atom. The molecule has 0 spiro atoms. The summed E-state index contributed by atoms with van der Waals surface area (Å²) in [5.74, 6) is 0.344. The number of ketones is 2. The van der Waals surface area contributed by atoms with E-state index in [1.165, 1.54) is 5.56 Å². The largest absolute Gasteiger partial charge is 0.395 e. The molecule has 27 heavy (non-hydrogen) atoms. The highest BCUT2D eigenvalue weighted by Crippen LogP contribution is 2.18. The molecule has 0 aromatic heterocycles. The predicted octanol–water partition coefficient (Wildman–Crippen LogP) is 2.42. The van der Waals surface area contributed by atoms with Gasteiger partial charge in [0.25, 0.3) is 0 Å². The number of carbonyl (C=O) groups is 2. The normalized spacial score (nSPS) is 19.2. The van der Waals surface area contributed by atoms with Crippen molar-refractivity contribution in [3.63, 3.8) is 0 Å². The van der Waals surface area contributed by atoms with Crippen LogP contribution < -0.4 is 0 Å². The third kappa shape index (κ3) is 6.52. The molecule has 1 N–H and O–H groups in total. The van der Waals surface area contributed by atoms with Crippen molar-refractivity contribution in [3.05, 3.63) is 35.4 Å². The molecule has 1 fully saturated rings. The summed E-state index contributed by atoms with van der Waals surface area (Å²) in [4.78, 5) is 28.1. The van der Waals surface area contributed by atoms with Crippen LogP contribution in [0.2, 0.25) is 0 Å². The van der Waals surface area contributed by atoms with Crippen molar-refractivity contribution in [2.45, 2.75) is 46.6 Å². The Hall–Kier alpha value is -1.56. The first-order valence-corrected chi connectivity index (χ1v) is 9.91. The number of hydrogen-bond acceptors (Lipinski definition) is 5. The fraction of sp³-hybridized carbons (Fsp3) is 0.636. The molecule has 1 aromatic carbocycles. The lowest BCUT2D eigenvalue weighted by Crippen LogP contribution is -2.56. The number of nitrogens with zero attached hydrogens (tertiary/aromatic N) is 2. The number of rotatable bonds is 8. The highest BCUT2D eigenvalue weighted by atomic mass is 16.3. The van der Waals surface area contributed by atoms with E-state index in [-0.39, 0.29) is 29.6 Å². The molecule has 1 aromatic rings. The molecule has 5 heteroatoms. The Morgan fingerprint density at radius 3 is 2.37 bits per heavy atom. The van der Waals surface area contributed by atoms with Crippen LogP contribution in [-0.4, -0.2) is 71.8 Å². The number of aliphatic hydroxyl groups is 1. The van der Waals surface area contributed by atoms with Gasteiger partial charge in [-0.05, 0) is 31.9 Å². The summed E-state index contributed by atoms with van der Waals surface area (Å²) in [7, 11) is 0. The van der Waals surface area contributed by atoms with Crippen molar-refractivity contribution < 1.29 is 14.7 Å². The monoisotopic (exact) mass is 374 g/mol. The smallest absolute Gasteiger partial charge is 0.159 e. The number of piperazine rings is 1. The maximum Gasteiger partial charge on any atom is 0.159 e. The first-order chi connectivity index (χ1) is 12.7. The molecule has 5 nitrogen and oxygen atoms in total. The van der Waals surface area contributed by atoms with Crippen molar-refractivity contribution in [1.29, 1.82) is 0 Å². The lowest BCUT2D eigenvalue weighted by atomic mass is 9.90. The van der Waals surface area contributed by atoms with Crippen LogP contribution in [0.25, 0.3) is 0 Å². The first kappa shape index (κ1) is 21.7. The molecule has 1 heterocycles. The van der Waals surface area contributed by atoms with Crippen LogP contribution >= 0.6 is 0 Å². The second kappa shape index (κ2) is 9.58. The second-order valence-electron chi connectivity index (χ2n) is 8.64. The quantitative estimate of drug-likeness (QED) is 0.708. The SMILES string of the molecule is CC(=O)c1ccc(CCCN2CCN(CC(=O)C(C)(C)C)C[C@@H]2CO)cc1. The summed E-state index contributed by atoms with van der Waals surface area (Å²) in [5, 5.41) is 9.79. The van der Waals surface area contributed by atoms with E-state index in [2.05, 4.69) is 9.80 Å². The summed E-state index contributed by atoms with van der Waals surface area (Å²) >= 11 is 0. The molecule has 1 aliphatic heterocycles. The van der Waals surface area contributed by atoms with Crippen molar-refractivity contribution in [1.82, 2.24) is 9.80 Å². The number of hydrogen-bond donors (Lipinski definition) is 1. The third-order valence-corrected chi connectivity index (χ3v) is 5.37. The lowest BCUT2D eigenvalue weighted by Gasteiger charge is -2.41. The van der Waals surface area contributed by atoms with Crippen LogP contribution in [0.4, 0.5) is 0 Å². The molecule has 2 rings (SSSR count). The van der Waals surface area contributed by atoms with Crippen LogP contribution in [-0.2, 0) is 11.2 Å². The zero-order chi connectivity index (χ0) is 20.0. The van der Waals surface area contributed by atoms with Gasteiger partial charge in [0.1, 0.15) is 0 Å². The average Bonchev–Trinajstić information content (AvgIpc) is 2.62. The molecule has 0 aliphatic carbocycles. The van der Waals surface area contributed by atoms with Gasteiger partial charge in [0, 0.05) is 36.7 Å². The molecular formula is C22H34N2O3. The van der Waals surface area contributed by atoms with E-state index in [1.807, 2.05) is 45.0 Å². The highest BCUT2D eigenvalue weighted by Gasteiger charge is 2.29. The average molecular weight is 375 g/mol. The Bertz CT molecular complexity index is 634. The molecule has 1 saturated heterocycles. The zero-order valence-corrected chi connectivity index (χ0v) is 17.2. The Kier molecular flexibility index (Phi) is 7.71. The summed E-state index contributed by atoms with van der Waals surface area (Å²) < 4.78 is 0. The summed E-state index contributed by atoms with van der Waals surface area (Å²) in [5.41, 5.74) is 1.67. The van der Waals surface area contributed by atoms with Crippen LogP contribution in [0.15, 0.2) is 24.3 Å². The number of aliphatic hydroxyl groups excluding tert-OH is 1. The van der Waals surface area contributed by atoms with Crippen molar-refractivity contribution in [2.75, 3.05) is 39.3 Å². The number of carbonyl (C=O) groups excluding carboxylic acids is 2. The first-order valence-electron chi connectivity index (χ1n) is 9.91. The van der Waals surface area contributed by atoms with E-state index in [0.29, 0.717) is 6.54 Å². The van der Waals surface area contributed by atoms with E-state index >= 15 is 0 Å². The molecule has 0 unspecified atom stereocenters. The number of benzene rings is 1. The highest BCUT2D eigenvalue weighted by molar-refractivity contribution is 5.94. The Balaban J connectivity index is 1.80. The number of aryl methyl sites for hydroxylation is 1. The molecule has 0 amide bonds. The van der Waals surface area contributed by atoms with Gasteiger partial charge in [-0.25, -0.2) is 0 Å². The Morgan fingerprint density at radius 2 is 1.81 bits per heavy atom. The number of Topliss-reactive ketones (excluding diaryl/α,β-unsaturated/α-hetero) is 2. The fourth-order valence-corrected chi connectivity index (χ4v) is 3.40. The minimum absolute atomic E-state index is 0.0895. The standard InChI is InChI=1S/C22H34N2O3/c1-17(26)19-9-7-18(8-10-19)6-5-11-24-13-12-23(14-20(24)16-25)15-21(27)22(2,3)4/h7-10,20,25H,5-6,11-16H2,1-4H3/t20-/m1/s1. The second-order valence-corrected chi connectivity index (χ2v) is 8.64. The van der Waals surface area contributed by atoms with Crippen LogP contribution in [0.5, 0.6) is 0 Å². The van der Waals surface area contributed by atoms with E-state index < -0.39 is 0 Å². The van der Waals surface area contributed by atoms with Gasteiger partial charge in [-0.2, -0.15) is 0 Å². The van der Waals surface area contributed by atoms with Gasteiger partial charge in [0.2, 0.25) is 0 Å². The lowest BCUT2D eigenvalue weighted by molar-refractivity contribution is -0.128. The third-order valence-electron chi connectivity index (χ3n) is 5.37. The van der Waals surface area contributed by atoms with Crippen molar-refractivity contribution >= 4 is 11.6 Å². The van der Waals surface area contributed by atoms with Gasteiger partial charge in [-0.15, -0.1) is 0 Å². The molecule has 1 atom stereocenters. The van der Waals surface area contributed by atoms with E-state index in [9.17, 15) is 14.7 Å². The van der Waals surface area contributed by atoms with Gasteiger partial charge in [-0.1, -0.05) is 45.0 Å².